The summed E-state index contributed by atoms with van der Waals surface area (Å²) in [7, 11) is 0. The normalized spacial score (nSPS) is 17.5. The topological polar surface area (TPSA) is 38.3 Å². The van der Waals surface area contributed by atoms with Crippen LogP contribution in [0, 0.1) is 5.41 Å². The fraction of sp³-hybridized carbons (Fsp3) is 0.615. The molecule has 2 rings (SSSR count). The Morgan fingerprint density at radius 3 is 2.94 bits per heavy atom. The summed E-state index contributed by atoms with van der Waals surface area (Å²) in [6.07, 6.45) is 3.58. The van der Waals surface area contributed by atoms with Crippen LogP contribution in [0.25, 0.3) is 0 Å². The van der Waals surface area contributed by atoms with Crippen molar-refractivity contribution in [1.29, 1.82) is 0 Å². The van der Waals surface area contributed by atoms with Crippen molar-refractivity contribution in [2.75, 3.05) is 19.8 Å². The molecular formula is C13H19NO2S. The second kappa shape index (κ2) is 5.65. The molecule has 17 heavy (non-hydrogen) atoms. The standard InChI is InChI=1S/C13H19NO2S/c1-2-16-10-13(6-4-7-13)9-14-12(15)11-5-3-8-17-11/h3,5,8H,2,4,6-7,9-10H2,1H3,(H,14,15). The number of carbonyl (C=O) groups excluding carboxylic acids is 1. The average Bonchev–Trinajstić information content (AvgIpc) is 2.80. The Bertz CT molecular complexity index is 358. The van der Waals surface area contributed by atoms with Crippen LogP contribution in [-0.2, 0) is 4.74 Å². The summed E-state index contributed by atoms with van der Waals surface area (Å²) in [5, 5.41) is 4.95. The van der Waals surface area contributed by atoms with Crippen molar-refractivity contribution in [3.05, 3.63) is 22.4 Å². The predicted octanol–water partition coefficient (Wildman–Crippen LogP) is 2.68. The van der Waals surface area contributed by atoms with E-state index in [4.69, 9.17) is 4.74 Å². The molecule has 1 aliphatic rings. The largest absolute Gasteiger partial charge is 0.381 e. The van der Waals surface area contributed by atoms with E-state index in [0.717, 1.165) is 37.5 Å². The van der Waals surface area contributed by atoms with Crippen molar-refractivity contribution < 1.29 is 9.53 Å². The fourth-order valence-electron chi connectivity index (χ4n) is 2.13. The maximum absolute atomic E-state index is 11.8. The second-order valence-corrected chi connectivity index (χ2v) is 5.60. The second-order valence-electron chi connectivity index (χ2n) is 4.65. The molecule has 1 heterocycles. The van der Waals surface area contributed by atoms with Gasteiger partial charge in [0.05, 0.1) is 11.5 Å². The Hall–Kier alpha value is -0.870. The number of ether oxygens (including phenoxy) is 1. The summed E-state index contributed by atoms with van der Waals surface area (Å²) in [4.78, 5) is 12.6. The molecule has 4 heteroatoms. The zero-order chi connectivity index (χ0) is 12.1. The van der Waals surface area contributed by atoms with E-state index in [0.29, 0.717) is 0 Å². The van der Waals surface area contributed by atoms with Crippen molar-refractivity contribution in [2.24, 2.45) is 5.41 Å². The average molecular weight is 253 g/mol. The number of hydrogen-bond acceptors (Lipinski definition) is 3. The third-order valence-electron chi connectivity index (χ3n) is 3.40. The summed E-state index contributed by atoms with van der Waals surface area (Å²) in [5.41, 5.74) is 0.197. The van der Waals surface area contributed by atoms with Gasteiger partial charge in [-0.05, 0) is 31.2 Å². The molecule has 1 fully saturated rings. The van der Waals surface area contributed by atoms with E-state index in [1.165, 1.54) is 17.8 Å². The van der Waals surface area contributed by atoms with Gasteiger partial charge in [-0.2, -0.15) is 0 Å². The molecule has 1 N–H and O–H groups in total. The van der Waals surface area contributed by atoms with E-state index in [1.807, 2.05) is 24.4 Å². The number of hydrogen-bond donors (Lipinski definition) is 1. The molecule has 1 saturated carbocycles. The SMILES string of the molecule is CCOCC1(CNC(=O)c2cccs2)CCC1. The first-order valence-corrected chi connectivity index (χ1v) is 7.03. The Morgan fingerprint density at radius 2 is 2.41 bits per heavy atom. The zero-order valence-electron chi connectivity index (χ0n) is 10.2. The van der Waals surface area contributed by atoms with Crippen LogP contribution in [0.4, 0.5) is 0 Å². The molecule has 0 atom stereocenters. The van der Waals surface area contributed by atoms with Crippen molar-refractivity contribution >= 4 is 17.2 Å². The van der Waals surface area contributed by atoms with Crippen molar-refractivity contribution in [2.45, 2.75) is 26.2 Å². The van der Waals surface area contributed by atoms with Gasteiger partial charge in [-0.1, -0.05) is 12.5 Å². The van der Waals surface area contributed by atoms with Crippen LogP contribution in [-0.4, -0.2) is 25.7 Å². The van der Waals surface area contributed by atoms with Gasteiger partial charge in [0.15, 0.2) is 0 Å². The molecule has 94 valence electrons. The summed E-state index contributed by atoms with van der Waals surface area (Å²) >= 11 is 1.48. The van der Waals surface area contributed by atoms with E-state index in [-0.39, 0.29) is 11.3 Å². The molecular weight excluding hydrogens is 234 g/mol. The molecule has 0 saturated heterocycles. The maximum Gasteiger partial charge on any atom is 0.261 e. The maximum atomic E-state index is 11.8. The van der Waals surface area contributed by atoms with Crippen LogP contribution in [0.2, 0.25) is 0 Å². The molecule has 0 aliphatic heterocycles. The van der Waals surface area contributed by atoms with E-state index >= 15 is 0 Å². The smallest absolute Gasteiger partial charge is 0.261 e. The Balaban J connectivity index is 1.82. The van der Waals surface area contributed by atoms with Crippen LogP contribution in [0.1, 0.15) is 35.9 Å². The Morgan fingerprint density at radius 1 is 1.59 bits per heavy atom. The number of nitrogens with one attached hydrogen (secondary N) is 1. The van der Waals surface area contributed by atoms with Gasteiger partial charge in [0.2, 0.25) is 0 Å². The zero-order valence-corrected chi connectivity index (χ0v) is 11.0. The third-order valence-corrected chi connectivity index (χ3v) is 4.26. The highest BCUT2D eigenvalue weighted by molar-refractivity contribution is 7.12. The molecule has 1 aliphatic carbocycles. The Kier molecular flexibility index (Phi) is 4.18. The summed E-state index contributed by atoms with van der Waals surface area (Å²) in [5.74, 6) is 0.0442. The first kappa shape index (κ1) is 12.6. The number of amides is 1. The quantitative estimate of drug-likeness (QED) is 0.846. The van der Waals surface area contributed by atoms with E-state index in [1.54, 1.807) is 0 Å². The highest BCUT2D eigenvalue weighted by Crippen LogP contribution is 2.40. The lowest BCUT2D eigenvalue weighted by Gasteiger charge is -2.41. The highest BCUT2D eigenvalue weighted by Gasteiger charge is 2.37. The van der Waals surface area contributed by atoms with Crippen molar-refractivity contribution in [3.63, 3.8) is 0 Å². The van der Waals surface area contributed by atoms with Gasteiger partial charge in [0, 0.05) is 18.6 Å². The van der Waals surface area contributed by atoms with Gasteiger partial charge in [-0.3, -0.25) is 4.79 Å². The molecule has 1 amide bonds. The van der Waals surface area contributed by atoms with Gasteiger partial charge in [0.25, 0.3) is 5.91 Å². The van der Waals surface area contributed by atoms with Gasteiger partial charge >= 0.3 is 0 Å². The minimum absolute atomic E-state index is 0.0442. The first-order chi connectivity index (χ1) is 8.26. The molecule has 0 unspecified atom stereocenters. The first-order valence-electron chi connectivity index (χ1n) is 6.15. The van der Waals surface area contributed by atoms with Crippen LogP contribution >= 0.6 is 11.3 Å². The van der Waals surface area contributed by atoms with Gasteiger partial charge < -0.3 is 10.1 Å². The molecule has 0 aromatic carbocycles. The lowest BCUT2D eigenvalue weighted by Crippen LogP contribution is -2.45. The minimum Gasteiger partial charge on any atom is -0.381 e. The Labute approximate surface area is 106 Å². The minimum atomic E-state index is 0.0442. The molecule has 0 spiro atoms. The van der Waals surface area contributed by atoms with E-state index in [2.05, 4.69) is 5.32 Å². The summed E-state index contributed by atoms with van der Waals surface area (Å²) in [6, 6.07) is 3.76. The number of thiophene rings is 1. The molecule has 0 bridgehead atoms. The lowest BCUT2D eigenvalue weighted by molar-refractivity contribution is -0.000154. The molecule has 0 radical (unpaired) electrons. The predicted molar refractivity (Wildman–Crippen MR) is 69.4 cm³/mol. The fourth-order valence-corrected chi connectivity index (χ4v) is 2.77. The van der Waals surface area contributed by atoms with E-state index in [9.17, 15) is 4.79 Å². The van der Waals surface area contributed by atoms with E-state index < -0.39 is 0 Å². The number of rotatable bonds is 6. The summed E-state index contributed by atoms with van der Waals surface area (Å²) in [6.45, 7) is 4.27. The van der Waals surface area contributed by atoms with Gasteiger partial charge in [-0.15, -0.1) is 11.3 Å². The summed E-state index contributed by atoms with van der Waals surface area (Å²) < 4.78 is 5.52. The molecule has 3 nitrogen and oxygen atoms in total. The van der Waals surface area contributed by atoms with Crippen molar-refractivity contribution in [3.8, 4) is 0 Å². The molecule has 1 aromatic rings. The van der Waals surface area contributed by atoms with Crippen LogP contribution in [0.3, 0.4) is 0 Å². The molecule has 1 aromatic heterocycles. The van der Waals surface area contributed by atoms with Crippen LogP contribution in [0.5, 0.6) is 0 Å². The lowest BCUT2D eigenvalue weighted by atomic mass is 9.69. The monoisotopic (exact) mass is 253 g/mol. The van der Waals surface area contributed by atoms with Gasteiger partial charge in [0.1, 0.15) is 0 Å². The van der Waals surface area contributed by atoms with Crippen LogP contribution in [0.15, 0.2) is 17.5 Å². The van der Waals surface area contributed by atoms with Gasteiger partial charge in [-0.25, -0.2) is 0 Å². The third kappa shape index (κ3) is 3.07. The highest BCUT2D eigenvalue weighted by atomic mass is 32.1. The number of carbonyl (C=O) groups is 1. The van der Waals surface area contributed by atoms with Crippen LogP contribution < -0.4 is 5.32 Å². The van der Waals surface area contributed by atoms with Crippen molar-refractivity contribution in [1.82, 2.24) is 5.32 Å².